The predicted octanol–water partition coefficient (Wildman–Crippen LogP) is 3.31. The molecule has 0 amide bonds. The highest BCUT2D eigenvalue weighted by Gasteiger charge is 2.54. The largest absolute Gasteiger partial charge is 0.453 e. The van der Waals surface area contributed by atoms with Crippen LogP contribution in [0.5, 0.6) is 0 Å². The Labute approximate surface area is 175 Å². The number of aromatic nitrogens is 4. The molecular weight excluding hydrogens is 380 g/mol. The summed E-state index contributed by atoms with van der Waals surface area (Å²) in [5, 5.41) is 11.4. The molecule has 0 atom stereocenters. The van der Waals surface area contributed by atoms with E-state index in [1.54, 1.807) is 13.0 Å². The lowest BCUT2D eigenvalue weighted by atomic mass is 9.48. The molecule has 0 saturated heterocycles. The van der Waals surface area contributed by atoms with Crippen molar-refractivity contribution in [2.75, 3.05) is 6.61 Å². The van der Waals surface area contributed by atoms with Crippen molar-refractivity contribution in [3.63, 3.8) is 0 Å². The lowest BCUT2D eigenvalue weighted by Crippen LogP contribution is -2.51. The molecule has 0 unspecified atom stereocenters. The van der Waals surface area contributed by atoms with Crippen LogP contribution in [0.4, 0.5) is 0 Å². The van der Waals surface area contributed by atoms with Crippen LogP contribution in [0.3, 0.4) is 0 Å². The van der Waals surface area contributed by atoms with Crippen LogP contribution in [0.15, 0.2) is 30.3 Å². The van der Waals surface area contributed by atoms with Gasteiger partial charge in [-0.3, -0.25) is 4.79 Å². The summed E-state index contributed by atoms with van der Waals surface area (Å²) in [6.07, 6.45) is 8.40. The second kappa shape index (κ2) is 7.45. The van der Waals surface area contributed by atoms with Gasteiger partial charge in [0.25, 0.3) is 0 Å². The molecule has 0 radical (unpaired) electrons. The minimum Gasteiger partial charge on any atom is -0.453 e. The van der Waals surface area contributed by atoms with Crippen molar-refractivity contribution in [2.45, 2.75) is 45.4 Å². The Morgan fingerprint density at radius 2 is 1.73 bits per heavy atom. The van der Waals surface area contributed by atoms with Gasteiger partial charge in [0.1, 0.15) is 0 Å². The third kappa shape index (κ3) is 3.46. The molecule has 156 valence electrons. The molecule has 4 bridgehead atoms. The van der Waals surface area contributed by atoms with Crippen LogP contribution in [0, 0.1) is 30.1 Å². The molecule has 0 N–H and O–H groups in total. The lowest BCUT2D eigenvalue weighted by molar-refractivity contribution is -0.154. The molecule has 1 aromatic carbocycles. The number of carbonyl (C=O) groups excluding carboxylic acids is 2. The normalized spacial score (nSPS) is 29.8. The van der Waals surface area contributed by atoms with E-state index in [9.17, 15) is 9.59 Å². The summed E-state index contributed by atoms with van der Waals surface area (Å²) < 4.78 is 6.89. The molecular formula is C23H26N4O3. The van der Waals surface area contributed by atoms with Crippen LogP contribution >= 0.6 is 0 Å². The SMILES string of the molecule is Cc1nnnn1C(=Cc1ccccc1)C(=O)OCC(=O)C12CC3CC(CC(C3)C1)C2. The van der Waals surface area contributed by atoms with E-state index in [1.807, 2.05) is 30.3 Å². The highest BCUT2D eigenvalue weighted by molar-refractivity contribution is 6.15. The second-order valence-electron chi connectivity index (χ2n) is 9.28. The first-order chi connectivity index (χ1) is 14.5. The number of hydrogen-bond donors (Lipinski definition) is 0. The minimum absolute atomic E-state index is 0.0856. The Bertz CT molecular complexity index is 960. The molecule has 4 fully saturated rings. The van der Waals surface area contributed by atoms with E-state index in [1.165, 1.54) is 23.9 Å². The van der Waals surface area contributed by atoms with Gasteiger partial charge in [-0.2, -0.15) is 4.68 Å². The van der Waals surface area contributed by atoms with Crippen LogP contribution in [0.2, 0.25) is 0 Å². The molecule has 7 heteroatoms. The van der Waals surface area contributed by atoms with Gasteiger partial charge in [-0.1, -0.05) is 30.3 Å². The zero-order valence-corrected chi connectivity index (χ0v) is 17.2. The lowest BCUT2D eigenvalue weighted by Gasteiger charge is -2.55. The highest BCUT2D eigenvalue weighted by atomic mass is 16.5. The highest BCUT2D eigenvalue weighted by Crippen LogP contribution is 2.60. The number of ketones is 1. The van der Waals surface area contributed by atoms with Gasteiger partial charge >= 0.3 is 5.97 Å². The van der Waals surface area contributed by atoms with Gasteiger partial charge in [0.2, 0.25) is 0 Å². The zero-order valence-electron chi connectivity index (χ0n) is 17.2. The van der Waals surface area contributed by atoms with Crippen LogP contribution < -0.4 is 0 Å². The van der Waals surface area contributed by atoms with Crippen LogP contribution in [0.1, 0.15) is 49.9 Å². The van der Waals surface area contributed by atoms with Crippen molar-refractivity contribution in [2.24, 2.45) is 23.2 Å². The number of rotatable bonds is 6. The standard InChI is InChI=1S/C23H26N4O3/c1-15-24-25-26-27(15)20(10-16-5-3-2-4-6-16)22(29)30-14-21(28)23-11-17-7-18(12-23)9-19(8-17)13-23/h2-6,10,17-19H,7-9,11-14H2,1H3. The molecule has 0 aliphatic heterocycles. The fraction of sp³-hybridized carbons (Fsp3) is 0.522. The van der Waals surface area contributed by atoms with Gasteiger partial charge in [-0.15, -0.1) is 5.10 Å². The average Bonchev–Trinajstić information content (AvgIpc) is 3.15. The maximum Gasteiger partial charge on any atom is 0.357 e. The maximum absolute atomic E-state index is 13.2. The van der Waals surface area contributed by atoms with E-state index in [0.717, 1.165) is 24.8 Å². The predicted molar refractivity (Wildman–Crippen MR) is 110 cm³/mol. The number of aryl methyl sites for hydroxylation is 1. The quantitative estimate of drug-likeness (QED) is 0.540. The summed E-state index contributed by atoms with van der Waals surface area (Å²) in [5.74, 6) is 1.99. The van der Waals surface area contributed by atoms with Crippen LogP contribution in [-0.4, -0.2) is 38.6 Å². The third-order valence-electron chi connectivity index (χ3n) is 7.13. The molecule has 7 nitrogen and oxygen atoms in total. The van der Waals surface area contributed by atoms with Crippen LogP contribution in [-0.2, 0) is 14.3 Å². The minimum atomic E-state index is -0.590. The van der Waals surface area contributed by atoms with Crippen molar-refractivity contribution in [3.8, 4) is 0 Å². The number of ether oxygens (including phenoxy) is 1. The first-order valence-corrected chi connectivity index (χ1v) is 10.7. The monoisotopic (exact) mass is 406 g/mol. The van der Waals surface area contributed by atoms with E-state index in [0.29, 0.717) is 23.6 Å². The van der Waals surface area contributed by atoms with Gasteiger partial charge < -0.3 is 4.74 Å². The van der Waals surface area contributed by atoms with Crippen molar-refractivity contribution in [1.82, 2.24) is 20.2 Å². The summed E-state index contributed by atoms with van der Waals surface area (Å²) in [5.41, 5.74) is 0.747. The van der Waals surface area contributed by atoms with Crippen molar-refractivity contribution in [1.29, 1.82) is 0 Å². The fourth-order valence-electron chi connectivity index (χ4n) is 6.18. The molecule has 0 spiro atoms. The molecule has 4 aliphatic rings. The number of hydrogen-bond acceptors (Lipinski definition) is 6. The number of Topliss-reactive ketones (excluding diaryl/α,β-unsaturated/α-hetero) is 1. The van der Waals surface area contributed by atoms with Crippen LogP contribution in [0.25, 0.3) is 11.8 Å². The number of tetrazole rings is 1. The Hall–Kier alpha value is -2.83. The zero-order chi connectivity index (χ0) is 20.7. The number of carbonyl (C=O) groups is 2. The molecule has 6 rings (SSSR count). The van der Waals surface area contributed by atoms with E-state index in [-0.39, 0.29) is 23.5 Å². The Kier molecular flexibility index (Phi) is 4.76. The first kappa shape index (κ1) is 19.2. The summed E-state index contributed by atoms with van der Waals surface area (Å²) in [6, 6.07) is 9.44. The number of benzene rings is 1. The van der Waals surface area contributed by atoms with Crippen molar-refractivity contribution in [3.05, 3.63) is 41.7 Å². The molecule has 4 saturated carbocycles. The summed E-state index contributed by atoms with van der Waals surface area (Å²) in [6.45, 7) is 1.53. The maximum atomic E-state index is 13.2. The number of nitrogens with zero attached hydrogens (tertiary/aromatic N) is 4. The van der Waals surface area contributed by atoms with Gasteiger partial charge in [-0.05, 0) is 85.3 Å². The Balaban J connectivity index is 1.33. The molecule has 4 aliphatic carbocycles. The molecule has 30 heavy (non-hydrogen) atoms. The van der Waals surface area contributed by atoms with E-state index in [2.05, 4.69) is 15.5 Å². The Morgan fingerprint density at radius 1 is 1.10 bits per heavy atom. The fourth-order valence-corrected chi connectivity index (χ4v) is 6.18. The van der Waals surface area contributed by atoms with Gasteiger partial charge in [0, 0.05) is 5.41 Å². The first-order valence-electron chi connectivity index (χ1n) is 10.7. The number of esters is 1. The molecule has 1 heterocycles. The summed E-state index contributed by atoms with van der Waals surface area (Å²) >= 11 is 0. The van der Waals surface area contributed by atoms with E-state index >= 15 is 0 Å². The van der Waals surface area contributed by atoms with E-state index in [4.69, 9.17) is 4.74 Å². The van der Waals surface area contributed by atoms with E-state index < -0.39 is 5.97 Å². The van der Waals surface area contributed by atoms with Crippen molar-refractivity contribution < 1.29 is 14.3 Å². The third-order valence-corrected chi connectivity index (χ3v) is 7.13. The summed E-state index contributed by atoms with van der Waals surface area (Å²) in [4.78, 5) is 26.2. The van der Waals surface area contributed by atoms with Gasteiger partial charge in [0.05, 0.1) is 0 Å². The second-order valence-corrected chi connectivity index (χ2v) is 9.28. The molecule has 2 aromatic rings. The topological polar surface area (TPSA) is 87.0 Å². The van der Waals surface area contributed by atoms with Gasteiger partial charge in [0.15, 0.2) is 23.9 Å². The Morgan fingerprint density at radius 3 is 2.30 bits per heavy atom. The van der Waals surface area contributed by atoms with Gasteiger partial charge in [-0.25, -0.2) is 4.79 Å². The van der Waals surface area contributed by atoms with Crippen molar-refractivity contribution >= 4 is 23.5 Å². The average molecular weight is 406 g/mol. The summed E-state index contributed by atoms with van der Waals surface area (Å²) in [7, 11) is 0. The smallest absolute Gasteiger partial charge is 0.357 e. The molecule has 1 aromatic heterocycles.